The highest BCUT2D eigenvalue weighted by Gasteiger charge is 2.55. The molecular formula is C25H22N4O2S. The molecule has 0 spiro atoms. The van der Waals surface area contributed by atoms with E-state index in [1.807, 2.05) is 104 Å². The number of carbonyl (C=O) groups is 1. The first-order valence-corrected chi connectivity index (χ1v) is 11.3. The Morgan fingerprint density at radius 1 is 0.875 bits per heavy atom. The van der Waals surface area contributed by atoms with Crippen molar-refractivity contribution in [2.45, 2.75) is 19.4 Å². The number of hydrogen-bond donors (Lipinski definition) is 0. The molecule has 1 amide bonds. The summed E-state index contributed by atoms with van der Waals surface area (Å²) >= 11 is 1.39. The van der Waals surface area contributed by atoms with Gasteiger partial charge in [-0.05, 0) is 61.0 Å². The average Bonchev–Trinajstić information content (AvgIpc) is 3.22. The van der Waals surface area contributed by atoms with Crippen LogP contribution in [-0.2, 0) is 10.3 Å². The number of ether oxygens (including phenoxy) is 1. The van der Waals surface area contributed by atoms with Crippen molar-refractivity contribution >= 4 is 33.6 Å². The van der Waals surface area contributed by atoms with Crippen molar-refractivity contribution < 1.29 is 9.53 Å². The second-order valence-electron chi connectivity index (χ2n) is 7.40. The summed E-state index contributed by atoms with van der Waals surface area (Å²) in [6.07, 6.45) is 0. The van der Waals surface area contributed by atoms with Crippen LogP contribution in [0.2, 0.25) is 0 Å². The van der Waals surface area contributed by atoms with Crippen LogP contribution in [0.3, 0.4) is 0 Å². The minimum atomic E-state index is -1.21. The first-order chi connectivity index (χ1) is 15.6. The van der Waals surface area contributed by atoms with Gasteiger partial charge in [0.25, 0.3) is 5.91 Å². The van der Waals surface area contributed by atoms with Gasteiger partial charge in [0.1, 0.15) is 5.75 Å². The zero-order valence-electron chi connectivity index (χ0n) is 17.8. The average molecular weight is 443 g/mol. The summed E-state index contributed by atoms with van der Waals surface area (Å²) in [4.78, 5) is 14.3. The van der Waals surface area contributed by atoms with E-state index in [9.17, 15) is 4.79 Å². The summed E-state index contributed by atoms with van der Waals surface area (Å²) in [5, 5.41) is 14.0. The molecule has 32 heavy (non-hydrogen) atoms. The van der Waals surface area contributed by atoms with Crippen LogP contribution in [0.25, 0.3) is 0 Å². The molecule has 2 aliphatic rings. The minimum Gasteiger partial charge on any atom is -0.494 e. The summed E-state index contributed by atoms with van der Waals surface area (Å²) in [6.45, 7) is 4.42. The Morgan fingerprint density at radius 2 is 1.47 bits per heavy atom. The molecule has 7 heteroatoms. The summed E-state index contributed by atoms with van der Waals surface area (Å²) < 4.78 is 5.62. The van der Waals surface area contributed by atoms with Crippen LogP contribution in [0.15, 0.2) is 95.1 Å². The maximum atomic E-state index is 14.3. The molecule has 0 N–H and O–H groups in total. The Balaban J connectivity index is 1.79. The van der Waals surface area contributed by atoms with Crippen molar-refractivity contribution in [2.75, 3.05) is 11.6 Å². The van der Waals surface area contributed by atoms with Crippen molar-refractivity contribution in [1.29, 1.82) is 0 Å². The summed E-state index contributed by atoms with van der Waals surface area (Å²) in [7, 11) is 0. The first-order valence-electron chi connectivity index (χ1n) is 10.4. The number of hydrogen-bond acceptors (Lipinski definition) is 6. The van der Waals surface area contributed by atoms with Gasteiger partial charge in [0.15, 0.2) is 5.54 Å². The third kappa shape index (κ3) is 3.17. The Bertz CT molecular complexity index is 1150. The van der Waals surface area contributed by atoms with Crippen LogP contribution in [0, 0.1) is 0 Å². The van der Waals surface area contributed by atoms with E-state index in [0.717, 1.165) is 27.6 Å². The lowest BCUT2D eigenvalue weighted by Crippen LogP contribution is -2.59. The van der Waals surface area contributed by atoms with Gasteiger partial charge in [-0.15, -0.1) is 5.10 Å². The number of hydrazone groups is 2. The highest BCUT2D eigenvalue weighted by atomic mass is 32.2. The van der Waals surface area contributed by atoms with Crippen molar-refractivity contribution in [3.8, 4) is 5.75 Å². The molecule has 0 unspecified atom stereocenters. The first kappa shape index (κ1) is 20.3. The molecular weight excluding hydrogens is 420 g/mol. The summed E-state index contributed by atoms with van der Waals surface area (Å²) in [5.74, 6) is 0.603. The monoisotopic (exact) mass is 442 g/mol. The number of anilines is 1. The summed E-state index contributed by atoms with van der Waals surface area (Å²) in [5.41, 5.74) is 1.20. The van der Waals surface area contributed by atoms with Crippen LogP contribution < -0.4 is 9.75 Å². The van der Waals surface area contributed by atoms with Crippen LogP contribution in [0.4, 0.5) is 5.69 Å². The SMILES string of the molecule is CCOc1ccc(N2N=C3SC(C)=NN3C(=O)C2(c2ccccc2)c2ccccc2)cc1. The van der Waals surface area contributed by atoms with Crippen LogP contribution >= 0.6 is 11.8 Å². The van der Waals surface area contributed by atoms with Gasteiger partial charge in [-0.3, -0.25) is 4.79 Å². The quantitative estimate of drug-likeness (QED) is 0.556. The molecule has 3 aromatic rings. The van der Waals surface area contributed by atoms with Crippen molar-refractivity contribution in [3.05, 3.63) is 96.1 Å². The maximum absolute atomic E-state index is 14.3. The molecule has 3 aromatic carbocycles. The number of amidine groups is 1. The molecule has 0 aliphatic carbocycles. The lowest BCUT2D eigenvalue weighted by atomic mass is 9.80. The molecule has 0 radical (unpaired) electrons. The lowest BCUT2D eigenvalue weighted by molar-refractivity contribution is -0.132. The highest BCUT2D eigenvalue weighted by Crippen LogP contribution is 2.46. The zero-order valence-corrected chi connectivity index (χ0v) is 18.6. The van der Waals surface area contributed by atoms with Gasteiger partial charge in [-0.2, -0.15) is 10.1 Å². The Kier molecular flexibility index (Phi) is 5.19. The molecule has 2 heterocycles. The zero-order chi connectivity index (χ0) is 22.1. The van der Waals surface area contributed by atoms with E-state index < -0.39 is 5.54 Å². The van der Waals surface area contributed by atoms with E-state index in [1.165, 1.54) is 16.8 Å². The predicted molar refractivity (Wildman–Crippen MR) is 129 cm³/mol. The smallest absolute Gasteiger partial charge is 0.286 e. The van der Waals surface area contributed by atoms with Gasteiger partial charge < -0.3 is 4.74 Å². The highest BCUT2D eigenvalue weighted by molar-refractivity contribution is 8.26. The molecule has 0 atom stereocenters. The Morgan fingerprint density at radius 3 is 2.03 bits per heavy atom. The fourth-order valence-corrected chi connectivity index (χ4v) is 4.82. The number of rotatable bonds is 5. The number of amides is 1. The van der Waals surface area contributed by atoms with Crippen molar-refractivity contribution in [1.82, 2.24) is 5.01 Å². The van der Waals surface area contributed by atoms with Crippen LogP contribution in [-0.4, -0.2) is 27.7 Å². The molecule has 0 saturated carbocycles. The van der Waals surface area contributed by atoms with Crippen molar-refractivity contribution in [3.63, 3.8) is 0 Å². The molecule has 5 rings (SSSR count). The lowest BCUT2D eigenvalue weighted by Gasteiger charge is -2.45. The van der Waals surface area contributed by atoms with Gasteiger partial charge in [-0.1, -0.05) is 60.7 Å². The summed E-state index contributed by atoms with van der Waals surface area (Å²) in [6, 6.07) is 27.2. The van der Waals surface area contributed by atoms with Gasteiger partial charge in [0, 0.05) is 0 Å². The Labute approximate surface area is 191 Å². The van der Waals surface area contributed by atoms with Crippen molar-refractivity contribution in [2.24, 2.45) is 10.2 Å². The van der Waals surface area contributed by atoms with Gasteiger partial charge in [0.05, 0.1) is 17.3 Å². The molecule has 0 aromatic heterocycles. The van der Waals surface area contributed by atoms with E-state index >= 15 is 0 Å². The normalized spacial score (nSPS) is 17.0. The predicted octanol–water partition coefficient (Wildman–Crippen LogP) is 5.03. The van der Waals surface area contributed by atoms with E-state index in [0.29, 0.717) is 11.8 Å². The van der Waals surface area contributed by atoms with E-state index in [2.05, 4.69) is 5.10 Å². The molecule has 6 nitrogen and oxygen atoms in total. The third-order valence-corrected chi connectivity index (χ3v) is 6.26. The minimum absolute atomic E-state index is 0.168. The molecule has 0 bridgehead atoms. The maximum Gasteiger partial charge on any atom is 0.286 e. The molecule has 0 saturated heterocycles. The van der Waals surface area contributed by atoms with Gasteiger partial charge >= 0.3 is 0 Å². The van der Waals surface area contributed by atoms with Gasteiger partial charge in [-0.25, -0.2) is 5.01 Å². The molecule has 0 fully saturated rings. The second-order valence-corrected chi connectivity index (χ2v) is 8.56. The standard InChI is InChI=1S/C25H22N4O2S/c1-3-31-22-16-14-21(15-17-22)29-25(19-10-6-4-7-11-19,20-12-8-5-9-13-20)23(30)28-24(27-29)32-18(2)26-28/h4-17H,3H2,1-2H3. The van der Waals surface area contributed by atoms with E-state index in [4.69, 9.17) is 9.84 Å². The molecule has 160 valence electrons. The van der Waals surface area contributed by atoms with Crippen LogP contribution in [0.1, 0.15) is 25.0 Å². The number of nitrogens with zero attached hydrogens (tertiary/aromatic N) is 4. The van der Waals surface area contributed by atoms with E-state index in [-0.39, 0.29) is 5.91 Å². The number of fused-ring (bicyclic) bond motifs is 1. The topological polar surface area (TPSA) is 57.5 Å². The molecule has 2 aliphatic heterocycles. The number of benzene rings is 3. The largest absolute Gasteiger partial charge is 0.494 e. The Hall–Kier alpha value is -3.58. The fraction of sp³-hybridized carbons (Fsp3) is 0.160. The van der Waals surface area contributed by atoms with Crippen LogP contribution in [0.5, 0.6) is 5.75 Å². The van der Waals surface area contributed by atoms with Gasteiger partial charge in [0.2, 0.25) is 5.17 Å². The van der Waals surface area contributed by atoms with E-state index in [1.54, 1.807) is 0 Å². The fourth-order valence-electron chi connectivity index (χ4n) is 4.10. The number of thioether (sulfide) groups is 1. The second kappa shape index (κ2) is 8.16. The third-order valence-electron chi connectivity index (χ3n) is 5.44. The number of carbonyl (C=O) groups excluding carboxylic acids is 1.